The van der Waals surface area contributed by atoms with Gasteiger partial charge in [0.15, 0.2) is 5.43 Å². The summed E-state index contributed by atoms with van der Waals surface area (Å²) in [6.07, 6.45) is 2.97. The molecule has 0 bridgehead atoms. The Balaban J connectivity index is 1.23. The molecule has 2 aliphatic rings. The van der Waals surface area contributed by atoms with Gasteiger partial charge in [-0.1, -0.05) is 18.2 Å². The number of aliphatic hydroxyl groups is 1. The molecule has 0 spiro atoms. The minimum absolute atomic E-state index is 0.0127. The summed E-state index contributed by atoms with van der Waals surface area (Å²) in [6.45, 7) is 5.39. The molecule has 0 radical (unpaired) electrons. The van der Waals surface area contributed by atoms with E-state index in [1.54, 1.807) is 18.4 Å². The van der Waals surface area contributed by atoms with E-state index in [0.717, 1.165) is 38.5 Å². The van der Waals surface area contributed by atoms with E-state index in [9.17, 15) is 9.90 Å². The van der Waals surface area contributed by atoms with Gasteiger partial charge in [-0.15, -0.1) is 0 Å². The maximum Gasteiger partial charge on any atom is 0.197 e. The Bertz CT molecular complexity index is 1060. The number of aromatic nitrogens is 1. The quantitative estimate of drug-likeness (QED) is 0.705. The van der Waals surface area contributed by atoms with Crippen LogP contribution in [0.5, 0.6) is 0 Å². The second-order valence-corrected chi connectivity index (χ2v) is 8.13. The van der Waals surface area contributed by atoms with Crippen LogP contribution in [0, 0.1) is 0 Å². The number of piperazine rings is 1. The minimum Gasteiger partial charge on any atom is -0.464 e. The first-order chi connectivity index (χ1) is 14.7. The predicted octanol–water partition coefficient (Wildman–Crippen LogP) is 1.56. The Kier molecular flexibility index (Phi) is 5.25. The van der Waals surface area contributed by atoms with Crippen LogP contribution >= 0.6 is 0 Å². The standard InChI is InChI=1S/C23H26N4O3/c28-20-15-25(13-17-16-30-21-6-2-1-5-18(21)23(17)29)14-19(20)26-9-11-27(12-10-26)22-7-3-4-8-24-22/h1-8,16,19-20,28H,9-15H2/t19-,20-/m0/s1. The van der Waals surface area contributed by atoms with Crippen molar-refractivity contribution < 1.29 is 9.52 Å². The van der Waals surface area contributed by atoms with Crippen LogP contribution in [-0.2, 0) is 6.54 Å². The maximum absolute atomic E-state index is 12.8. The SMILES string of the molecule is O=c1c(CN2C[C@H](O)[C@@H](N3CCN(c4ccccn4)CC3)C2)coc2ccccc12. The van der Waals surface area contributed by atoms with E-state index in [0.29, 0.717) is 29.6 Å². The molecule has 1 N–H and O–H groups in total. The largest absolute Gasteiger partial charge is 0.464 e. The molecule has 0 unspecified atom stereocenters. The Morgan fingerprint density at radius 3 is 2.63 bits per heavy atom. The van der Waals surface area contributed by atoms with E-state index in [1.807, 2.05) is 36.5 Å². The number of nitrogens with zero attached hydrogens (tertiary/aromatic N) is 4. The van der Waals surface area contributed by atoms with Crippen molar-refractivity contribution in [3.8, 4) is 0 Å². The van der Waals surface area contributed by atoms with Gasteiger partial charge in [0.05, 0.1) is 17.8 Å². The summed E-state index contributed by atoms with van der Waals surface area (Å²) < 4.78 is 5.65. The Labute approximate surface area is 175 Å². The smallest absolute Gasteiger partial charge is 0.197 e. The number of hydrogen-bond donors (Lipinski definition) is 1. The van der Waals surface area contributed by atoms with Gasteiger partial charge in [0.1, 0.15) is 11.4 Å². The topological polar surface area (TPSA) is 73.1 Å². The third kappa shape index (κ3) is 3.71. The molecule has 1 aromatic carbocycles. The summed E-state index contributed by atoms with van der Waals surface area (Å²) in [5.41, 5.74) is 1.26. The molecule has 2 atom stereocenters. The van der Waals surface area contributed by atoms with Gasteiger partial charge in [-0.3, -0.25) is 14.6 Å². The van der Waals surface area contributed by atoms with Crippen molar-refractivity contribution in [1.82, 2.24) is 14.8 Å². The molecule has 7 nitrogen and oxygen atoms in total. The molecule has 156 valence electrons. The molecule has 30 heavy (non-hydrogen) atoms. The van der Waals surface area contributed by atoms with Gasteiger partial charge >= 0.3 is 0 Å². The number of rotatable bonds is 4. The highest BCUT2D eigenvalue weighted by Crippen LogP contribution is 2.22. The monoisotopic (exact) mass is 406 g/mol. The molecule has 0 saturated carbocycles. The van der Waals surface area contributed by atoms with E-state index < -0.39 is 6.10 Å². The van der Waals surface area contributed by atoms with Gasteiger partial charge in [-0.25, -0.2) is 4.98 Å². The zero-order valence-corrected chi connectivity index (χ0v) is 16.9. The number of anilines is 1. The molecule has 0 aliphatic carbocycles. The molecule has 2 saturated heterocycles. The van der Waals surface area contributed by atoms with E-state index in [2.05, 4.69) is 19.7 Å². The van der Waals surface area contributed by atoms with Gasteiger partial charge in [0.2, 0.25) is 0 Å². The fourth-order valence-electron chi connectivity index (χ4n) is 4.63. The lowest BCUT2D eigenvalue weighted by Crippen LogP contribution is -2.54. The van der Waals surface area contributed by atoms with Crippen LogP contribution in [0.3, 0.4) is 0 Å². The Morgan fingerprint density at radius 1 is 1.03 bits per heavy atom. The summed E-state index contributed by atoms with van der Waals surface area (Å²) in [5.74, 6) is 1.01. The number of aliphatic hydroxyl groups excluding tert-OH is 1. The van der Waals surface area contributed by atoms with Crippen molar-refractivity contribution in [3.05, 3.63) is 70.7 Å². The van der Waals surface area contributed by atoms with Crippen molar-refractivity contribution in [2.24, 2.45) is 0 Å². The van der Waals surface area contributed by atoms with Gasteiger partial charge in [0.25, 0.3) is 0 Å². The van der Waals surface area contributed by atoms with Crippen molar-refractivity contribution in [3.63, 3.8) is 0 Å². The lowest BCUT2D eigenvalue weighted by atomic mass is 10.1. The number of fused-ring (bicyclic) bond motifs is 1. The van der Waals surface area contributed by atoms with Crippen LogP contribution in [0.25, 0.3) is 11.0 Å². The highest BCUT2D eigenvalue weighted by Gasteiger charge is 2.37. The average Bonchev–Trinajstić information content (AvgIpc) is 3.16. The molecular weight excluding hydrogens is 380 g/mol. The fraction of sp³-hybridized carbons (Fsp3) is 0.391. The molecule has 2 aromatic heterocycles. The van der Waals surface area contributed by atoms with Gasteiger partial charge in [-0.05, 0) is 24.3 Å². The van der Waals surface area contributed by atoms with Gasteiger partial charge in [-0.2, -0.15) is 0 Å². The first kappa shape index (κ1) is 19.2. The second kappa shape index (κ2) is 8.18. The lowest BCUT2D eigenvalue weighted by Gasteiger charge is -2.39. The number of β-amino-alcohol motifs (C(OH)–C–C–N with tert-alkyl or cyclic N) is 1. The van der Waals surface area contributed by atoms with Crippen LogP contribution in [-0.4, -0.2) is 71.3 Å². The van der Waals surface area contributed by atoms with E-state index in [4.69, 9.17) is 4.42 Å². The van der Waals surface area contributed by atoms with Crippen molar-refractivity contribution in [2.45, 2.75) is 18.7 Å². The van der Waals surface area contributed by atoms with Crippen molar-refractivity contribution in [1.29, 1.82) is 0 Å². The first-order valence-corrected chi connectivity index (χ1v) is 10.5. The van der Waals surface area contributed by atoms with E-state index in [-0.39, 0.29) is 11.5 Å². The summed E-state index contributed by atoms with van der Waals surface area (Å²) in [6, 6.07) is 13.4. The van der Waals surface area contributed by atoms with Crippen LogP contribution in [0.2, 0.25) is 0 Å². The number of likely N-dealkylation sites (tertiary alicyclic amines) is 1. The van der Waals surface area contributed by atoms with Crippen LogP contribution in [0.15, 0.2) is 64.1 Å². The fourth-order valence-corrected chi connectivity index (χ4v) is 4.63. The average molecular weight is 406 g/mol. The summed E-state index contributed by atoms with van der Waals surface area (Å²) in [5, 5.41) is 11.3. The molecule has 0 amide bonds. The van der Waals surface area contributed by atoms with E-state index in [1.165, 1.54) is 0 Å². The number of hydrogen-bond acceptors (Lipinski definition) is 7. The van der Waals surface area contributed by atoms with Crippen molar-refractivity contribution >= 4 is 16.8 Å². The lowest BCUT2D eigenvalue weighted by molar-refractivity contribution is 0.0790. The van der Waals surface area contributed by atoms with Crippen LogP contribution in [0.1, 0.15) is 5.56 Å². The zero-order chi connectivity index (χ0) is 20.5. The summed E-state index contributed by atoms with van der Waals surface area (Å²) in [7, 11) is 0. The number of benzene rings is 1. The maximum atomic E-state index is 12.8. The molecule has 2 aliphatic heterocycles. The first-order valence-electron chi connectivity index (χ1n) is 10.5. The molecule has 5 rings (SSSR count). The molecule has 4 heterocycles. The predicted molar refractivity (Wildman–Crippen MR) is 116 cm³/mol. The third-order valence-electron chi connectivity index (χ3n) is 6.24. The molecule has 7 heteroatoms. The zero-order valence-electron chi connectivity index (χ0n) is 16.9. The molecule has 3 aromatic rings. The highest BCUT2D eigenvalue weighted by molar-refractivity contribution is 5.76. The molecular formula is C23H26N4O3. The Morgan fingerprint density at radius 2 is 1.83 bits per heavy atom. The van der Waals surface area contributed by atoms with Gasteiger partial charge in [0, 0.05) is 63.6 Å². The summed E-state index contributed by atoms with van der Waals surface area (Å²) >= 11 is 0. The highest BCUT2D eigenvalue weighted by atomic mass is 16.3. The third-order valence-corrected chi connectivity index (χ3v) is 6.24. The second-order valence-electron chi connectivity index (χ2n) is 8.13. The Hall–Kier alpha value is -2.74. The van der Waals surface area contributed by atoms with Crippen LogP contribution < -0.4 is 10.3 Å². The van der Waals surface area contributed by atoms with Gasteiger partial charge < -0.3 is 14.4 Å². The molecule has 2 fully saturated rings. The number of para-hydroxylation sites is 1. The van der Waals surface area contributed by atoms with Crippen LogP contribution in [0.4, 0.5) is 5.82 Å². The summed E-state index contributed by atoms with van der Waals surface area (Å²) in [4.78, 5) is 24.0. The normalized spacial score (nSPS) is 23.3. The van der Waals surface area contributed by atoms with E-state index >= 15 is 0 Å². The minimum atomic E-state index is -0.418. The van der Waals surface area contributed by atoms with Crippen molar-refractivity contribution in [2.75, 3.05) is 44.2 Å². The number of pyridine rings is 1.